The molecule has 0 bridgehead atoms. The van der Waals surface area contributed by atoms with Crippen molar-refractivity contribution in [3.63, 3.8) is 0 Å². The van der Waals surface area contributed by atoms with Gasteiger partial charge < -0.3 is 24.3 Å². The van der Waals surface area contributed by atoms with Gasteiger partial charge in [-0.2, -0.15) is 4.98 Å². The number of likely N-dealkylation sites (N-methyl/N-ethyl adjacent to an activating group) is 1. The second kappa shape index (κ2) is 9.34. The fourth-order valence-electron chi connectivity index (χ4n) is 3.63. The summed E-state index contributed by atoms with van der Waals surface area (Å²) in [5.74, 6) is 1.35. The Morgan fingerprint density at radius 2 is 1.86 bits per heavy atom. The Balaban J connectivity index is 1.66. The average molecular weight is 390 g/mol. The molecule has 1 aliphatic heterocycles. The Bertz CT molecular complexity index is 812. The lowest BCUT2D eigenvalue weighted by molar-refractivity contribution is 0.0526. The molecule has 8 heteroatoms. The van der Waals surface area contributed by atoms with Crippen molar-refractivity contribution in [3.8, 4) is 0 Å². The van der Waals surface area contributed by atoms with Crippen LogP contribution in [-0.4, -0.2) is 78.2 Å². The first kappa shape index (κ1) is 20.5. The summed E-state index contributed by atoms with van der Waals surface area (Å²) in [7, 11) is 0. The lowest BCUT2D eigenvalue weighted by atomic mass is 10.2. The topological polar surface area (TPSA) is 83.7 Å². The first-order chi connectivity index (χ1) is 13.5. The first-order valence-electron chi connectivity index (χ1n) is 10.2. The molecule has 0 aliphatic carbocycles. The predicted octanol–water partition coefficient (Wildman–Crippen LogP) is 2.46. The molecule has 0 unspecified atom stereocenters. The summed E-state index contributed by atoms with van der Waals surface area (Å²) < 4.78 is 10.9. The number of nitrogens with one attached hydrogen (secondary N) is 1. The molecule has 3 rings (SSSR count). The highest BCUT2D eigenvalue weighted by Gasteiger charge is 2.24. The average Bonchev–Trinajstić information content (AvgIpc) is 3.01. The highest BCUT2D eigenvalue weighted by Crippen LogP contribution is 2.30. The minimum Gasteiger partial charge on any atom is -0.462 e. The molecule has 3 heterocycles. The maximum atomic E-state index is 12.4. The fraction of sp³-hybridized carbons (Fsp3) is 0.650. The van der Waals surface area contributed by atoms with Crippen LogP contribution in [0.3, 0.4) is 0 Å². The number of nitrogens with zero attached hydrogens (tertiary/aromatic N) is 4. The van der Waals surface area contributed by atoms with E-state index in [4.69, 9.17) is 9.15 Å². The number of carbonyl (C=O) groups is 1. The summed E-state index contributed by atoms with van der Waals surface area (Å²) in [6.45, 7) is 15.4. The minimum atomic E-state index is -0.400. The number of aromatic nitrogens is 2. The Morgan fingerprint density at radius 3 is 2.54 bits per heavy atom. The van der Waals surface area contributed by atoms with Crippen LogP contribution in [0.1, 0.15) is 42.2 Å². The van der Waals surface area contributed by atoms with Crippen molar-refractivity contribution in [2.45, 2.75) is 34.1 Å². The molecule has 154 valence electrons. The molecule has 0 aromatic carbocycles. The van der Waals surface area contributed by atoms with Crippen LogP contribution in [0.15, 0.2) is 4.42 Å². The van der Waals surface area contributed by atoms with Gasteiger partial charge >= 0.3 is 5.97 Å². The third-order valence-electron chi connectivity index (χ3n) is 5.17. The highest BCUT2D eigenvalue weighted by atomic mass is 16.5. The van der Waals surface area contributed by atoms with Crippen LogP contribution in [0.5, 0.6) is 0 Å². The number of rotatable bonds is 8. The van der Waals surface area contributed by atoms with Crippen LogP contribution in [0.4, 0.5) is 5.82 Å². The van der Waals surface area contributed by atoms with E-state index < -0.39 is 5.97 Å². The largest absolute Gasteiger partial charge is 0.462 e. The number of fused-ring (bicyclic) bond motifs is 1. The molecule has 2 aromatic rings. The molecule has 28 heavy (non-hydrogen) atoms. The van der Waals surface area contributed by atoms with E-state index in [1.54, 1.807) is 13.8 Å². The molecule has 0 amide bonds. The van der Waals surface area contributed by atoms with Gasteiger partial charge in [0.15, 0.2) is 0 Å². The molecule has 8 nitrogen and oxygen atoms in total. The Morgan fingerprint density at radius 1 is 1.14 bits per heavy atom. The molecule has 0 atom stereocenters. The van der Waals surface area contributed by atoms with Gasteiger partial charge in [-0.1, -0.05) is 6.92 Å². The summed E-state index contributed by atoms with van der Waals surface area (Å²) in [6.07, 6.45) is 1.00. The summed E-state index contributed by atoms with van der Waals surface area (Å²) in [5.41, 5.74) is 0.835. The van der Waals surface area contributed by atoms with Gasteiger partial charge in [-0.3, -0.25) is 0 Å². The maximum Gasteiger partial charge on any atom is 0.342 e. The number of hydrogen-bond donors (Lipinski definition) is 1. The number of esters is 1. The van der Waals surface area contributed by atoms with E-state index in [2.05, 4.69) is 32.0 Å². The maximum absolute atomic E-state index is 12.4. The van der Waals surface area contributed by atoms with Crippen LogP contribution < -0.4 is 5.32 Å². The van der Waals surface area contributed by atoms with E-state index in [0.717, 1.165) is 52.2 Å². The third kappa shape index (κ3) is 4.62. The number of piperazine rings is 1. The van der Waals surface area contributed by atoms with Crippen LogP contribution in [0.25, 0.3) is 11.1 Å². The van der Waals surface area contributed by atoms with Gasteiger partial charge in [-0.15, -0.1) is 0 Å². The van der Waals surface area contributed by atoms with Gasteiger partial charge in [0, 0.05) is 32.7 Å². The molecule has 0 radical (unpaired) electrons. The molecular formula is C20H31N5O3. The van der Waals surface area contributed by atoms with Crippen LogP contribution in [-0.2, 0) is 4.74 Å². The molecule has 1 aliphatic rings. The van der Waals surface area contributed by atoms with E-state index in [9.17, 15) is 4.79 Å². The van der Waals surface area contributed by atoms with Crippen molar-refractivity contribution in [1.29, 1.82) is 0 Å². The smallest absolute Gasteiger partial charge is 0.342 e. The molecule has 0 spiro atoms. The SMILES string of the molecule is CCOC(=O)c1c(C)oc2nc(C)nc(NCCCN3CCN(CC)CC3)c12. The minimum absolute atomic E-state index is 0.311. The van der Waals surface area contributed by atoms with E-state index in [1.807, 2.05) is 6.92 Å². The molecule has 1 N–H and O–H groups in total. The Hall–Kier alpha value is -2.19. The number of anilines is 1. The number of furan rings is 1. The van der Waals surface area contributed by atoms with Crippen molar-refractivity contribution in [1.82, 2.24) is 19.8 Å². The van der Waals surface area contributed by atoms with Crippen molar-refractivity contribution < 1.29 is 13.9 Å². The first-order valence-corrected chi connectivity index (χ1v) is 10.2. The van der Waals surface area contributed by atoms with Crippen LogP contribution in [0.2, 0.25) is 0 Å². The van der Waals surface area contributed by atoms with Crippen LogP contribution in [0, 0.1) is 13.8 Å². The van der Waals surface area contributed by atoms with E-state index in [0.29, 0.717) is 40.7 Å². The second-order valence-corrected chi connectivity index (χ2v) is 7.11. The number of carbonyl (C=O) groups excluding carboxylic acids is 1. The third-order valence-corrected chi connectivity index (χ3v) is 5.17. The van der Waals surface area contributed by atoms with Crippen molar-refractivity contribution >= 4 is 22.9 Å². The van der Waals surface area contributed by atoms with Gasteiger partial charge in [0.1, 0.15) is 23.0 Å². The number of aryl methyl sites for hydroxylation is 2. The number of hydrogen-bond acceptors (Lipinski definition) is 8. The molecule has 1 saturated heterocycles. The van der Waals surface area contributed by atoms with Crippen molar-refractivity contribution in [2.24, 2.45) is 0 Å². The summed E-state index contributed by atoms with van der Waals surface area (Å²) >= 11 is 0. The van der Waals surface area contributed by atoms with Gasteiger partial charge in [0.25, 0.3) is 0 Å². The van der Waals surface area contributed by atoms with Gasteiger partial charge in [0.05, 0.1) is 12.0 Å². The fourth-order valence-corrected chi connectivity index (χ4v) is 3.63. The summed E-state index contributed by atoms with van der Waals surface area (Å²) in [4.78, 5) is 26.2. The Labute approximate surface area is 166 Å². The highest BCUT2D eigenvalue weighted by molar-refractivity contribution is 6.07. The zero-order chi connectivity index (χ0) is 20.1. The van der Waals surface area contributed by atoms with Gasteiger partial charge in [-0.25, -0.2) is 9.78 Å². The predicted molar refractivity (Wildman–Crippen MR) is 109 cm³/mol. The zero-order valence-corrected chi connectivity index (χ0v) is 17.4. The molecule has 1 fully saturated rings. The summed E-state index contributed by atoms with van der Waals surface area (Å²) in [5, 5.41) is 3.99. The lowest BCUT2D eigenvalue weighted by Gasteiger charge is -2.34. The second-order valence-electron chi connectivity index (χ2n) is 7.11. The quantitative estimate of drug-likeness (QED) is 0.544. The van der Waals surface area contributed by atoms with E-state index >= 15 is 0 Å². The monoisotopic (exact) mass is 389 g/mol. The van der Waals surface area contributed by atoms with Crippen LogP contribution >= 0.6 is 0 Å². The Kier molecular flexibility index (Phi) is 6.85. The van der Waals surface area contributed by atoms with Gasteiger partial charge in [-0.05, 0) is 40.3 Å². The van der Waals surface area contributed by atoms with Crippen molar-refractivity contribution in [3.05, 3.63) is 17.1 Å². The molecule has 2 aromatic heterocycles. The van der Waals surface area contributed by atoms with Gasteiger partial charge in [0.2, 0.25) is 5.71 Å². The standard InChI is InChI=1S/C20H31N5O3/c1-5-24-10-12-25(13-11-24)9-7-8-21-18-17-16(20(26)27-6-2)14(3)28-19(17)23-15(4)22-18/h5-13H2,1-4H3,(H,21,22,23). The van der Waals surface area contributed by atoms with Crippen molar-refractivity contribution in [2.75, 3.05) is 57.7 Å². The molecular weight excluding hydrogens is 358 g/mol. The van der Waals surface area contributed by atoms with E-state index in [1.165, 1.54) is 0 Å². The molecule has 0 saturated carbocycles. The lowest BCUT2D eigenvalue weighted by Crippen LogP contribution is -2.46. The van der Waals surface area contributed by atoms with E-state index in [-0.39, 0.29) is 0 Å². The normalized spacial score (nSPS) is 15.9. The zero-order valence-electron chi connectivity index (χ0n) is 17.4. The summed E-state index contributed by atoms with van der Waals surface area (Å²) in [6, 6.07) is 0. The number of ether oxygens (including phenoxy) is 1.